The molecule has 0 bridgehead atoms. The summed E-state index contributed by atoms with van der Waals surface area (Å²) in [6, 6.07) is 12.7. The summed E-state index contributed by atoms with van der Waals surface area (Å²) in [5.41, 5.74) is 1.21. The molecule has 106 valence electrons. The predicted molar refractivity (Wildman–Crippen MR) is 80.1 cm³/mol. The van der Waals surface area contributed by atoms with Gasteiger partial charge in [0.1, 0.15) is 5.75 Å². The maximum absolute atomic E-state index is 12.5. The molecule has 0 aliphatic carbocycles. The van der Waals surface area contributed by atoms with E-state index < -0.39 is 0 Å². The van der Waals surface area contributed by atoms with Crippen LogP contribution in [-0.2, 0) is 6.54 Å². The minimum absolute atomic E-state index is 0.0251. The van der Waals surface area contributed by atoms with Crippen molar-refractivity contribution >= 4 is 16.7 Å². The number of rotatable bonds is 3. The summed E-state index contributed by atoms with van der Waals surface area (Å²) >= 11 is 0. The molecule has 0 saturated heterocycles. The lowest BCUT2D eigenvalue weighted by Crippen LogP contribution is -2.26. The molecule has 4 nitrogen and oxygen atoms in total. The molecule has 0 spiro atoms. The maximum Gasteiger partial charge on any atom is 0.257 e. The molecule has 0 unspecified atom stereocenters. The molecule has 1 amide bonds. The van der Waals surface area contributed by atoms with Crippen molar-refractivity contribution in [1.82, 2.24) is 4.90 Å². The van der Waals surface area contributed by atoms with Gasteiger partial charge in [0.2, 0.25) is 0 Å². The van der Waals surface area contributed by atoms with E-state index >= 15 is 0 Å². The van der Waals surface area contributed by atoms with Crippen molar-refractivity contribution in [3.63, 3.8) is 0 Å². The number of carbonyl (C=O) groups is 1. The lowest BCUT2D eigenvalue weighted by molar-refractivity contribution is 0.0782. The van der Waals surface area contributed by atoms with Crippen molar-refractivity contribution in [2.24, 2.45) is 0 Å². The highest BCUT2D eigenvalue weighted by molar-refractivity contribution is 6.03. The minimum Gasteiger partial charge on any atom is -0.506 e. The van der Waals surface area contributed by atoms with Crippen LogP contribution in [0.1, 0.15) is 15.9 Å². The zero-order valence-corrected chi connectivity index (χ0v) is 11.6. The number of hydrogen-bond donors (Lipinski definition) is 1. The number of aromatic hydroxyl groups is 1. The van der Waals surface area contributed by atoms with Crippen LogP contribution >= 0.6 is 0 Å². The summed E-state index contributed by atoms with van der Waals surface area (Å²) in [6.07, 6.45) is 3.17. The molecule has 0 fully saturated rings. The van der Waals surface area contributed by atoms with Crippen molar-refractivity contribution in [3.8, 4) is 5.75 Å². The molecule has 1 aromatic heterocycles. The lowest BCUT2D eigenvalue weighted by atomic mass is 10.0. The second kappa shape index (κ2) is 5.32. The van der Waals surface area contributed by atoms with Gasteiger partial charge < -0.3 is 14.4 Å². The van der Waals surface area contributed by atoms with Gasteiger partial charge in [-0.3, -0.25) is 4.79 Å². The van der Waals surface area contributed by atoms with Gasteiger partial charge in [-0.05, 0) is 17.5 Å². The summed E-state index contributed by atoms with van der Waals surface area (Å²) in [6.45, 7) is 0.432. The molecule has 0 aliphatic heterocycles. The number of carbonyl (C=O) groups excluding carboxylic acids is 1. The maximum atomic E-state index is 12.5. The van der Waals surface area contributed by atoms with E-state index in [0.717, 1.165) is 10.9 Å². The van der Waals surface area contributed by atoms with Gasteiger partial charge in [-0.1, -0.05) is 30.3 Å². The third-order valence-electron chi connectivity index (χ3n) is 3.48. The molecule has 2 aromatic carbocycles. The molecule has 0 aliphatic rings. The second-order valence-corrected chi connectivity index (χ2v) is 4.98. The summed E-state index contributed by atoms with van der Waals surface area (Å²) < 4.78 is 4.99. The van der Waals surface area contributed by atoms with E-state index in [1.165, 1.54) is 0 Å². The third kappa shape index (κ3) is 2.48. The van der Waals surface area contributed by atoms with Gasteiger partial charge in [-0.15, -0.1) is 0 Å². The van der Waals surface area contributed by atoms with Gasteiger partial charge in [-0.25, -0.2) is 0 Å². The quantitative estimate of drug-likeness (QED) is 0.800. The first-order chi connectivity index (χ1) is 10.2. The van der Waals surface area contributed by atoms with Crippen LogP contribution in [-0.4, -0.2) is 23.0 Å². The highest BCUT2D eigenvalue weighted by atomic mass is 16.3. The van der Waals surface area contributed by atoms with E-state index in [-0.39, 0.29) is 11.7 Å². The monoisotopic (exact) mass is 281 g/mol. The number of fused-ring (bicyclic) bond motifs is 1. The highest BCUT2D eigenvalue weighted by Crippen LogP contribution is 2.29. The third-order valence-corrected chi connectivity index (χ3v) is 3.48. The first-order valence-electron chi connectivity index (χ1n) is 6.64. The first-order valence-corrected chi connectivity index (χ1v) is 6.64. The summed E-state index contributed by atoms with van der Waals surface area (Å²) in [4.78, 5) is 14.0. The van der Waals surface area contributed by atoms with Crippen LogP contribution in [0.2, 0.25) is 0 Å². The van der Waals surface area contributed by atoms with Crippen molar-refractivity contribution in [2.45, 2.75) is 6.54 Å². The topological polar surface area (TPSA) is 53.7 Å². The fourth-order valence-electron chi connectivity index (χ4n) is 2.36. The Hall–Kier alpha value is -2.75. The molecule has 1 heterocycles. The van der Waals surface area contributed by atoms with Gasteiger partial charge in [0.05, 0.1) is 18.1 Å². The second-order valence-electron chi connectivity index (χ2n) is 4.98. The Bertz CT molecular complexity index is 778. The van der Waals surface area contributed by atoms with Crippen molar-refractivity contribution in [1.29, 1.82) is 0 Å². The smallest absolute Gasteiger partial charge is 0.257 e. The number of phenolic OH excluding ortho intramolecular Hbond substituents is 1. The van der Waals surface area contributed by atoms with E-state index in [9.17, 15) is 9.90 Å². The molecular weight excluding hydrogens is 266 g/mol. The molecule has 4 heteroatoms. The summed E-state index contributed by atoms with van der Waals surface area (Å²) in [5, 5.41) is 11.9. The molecule has 1 N–H and O–H groups in total. The Kier molecular flexibility index (Phi) is 3.36. The Balaban J connectivity index is 1.92. The van der Waals surface area contributed by atoms with Crippen LogP contribution in [0.5, 0.6) is 5.75 Å². The van der Waals surface area contributed by atoms with Crippen molar-refractivity contribution in [2.75, 3.05) is 7.05 Å². The average Bonchev–Trinajstić information content (AvgIpc) is 3.00. The van der Waals surface area contributed by atoms with Crippen LogP contribution in [0.15, 0.2) is 59.4 Å². The van der Waals surface area contributed by atoms with Crippen LogP contribution in [0.4, 0.5) is 0 Å². The van der Waals surface area contributed by atoms with E-state index in [4.69, 9.17) is 4.42 Å². The largest absolute Gasteiger partial charge is 0.506 e. The summed E-state index contributed by atoms with van der Waals surface area (Å²) in [7, 11) is 1.70. The molecule has 0 saturated carbocycles. The minimum atomic E-state index is -0.223. The van der Waals surface area contributed by atoms with Crippen molar-refractivity contribution in [3.05, 3.63) is 66.1 Å². The van der Waals surface area contributed by atoms with Crippen LogP contribution in [0, 0.1) is 0 Å². The van der Waals surface area contributed by atoms with Gasteiger partial charge in [-0.2, -0.15) is 0 Å². The molecule has 3 aromatic rings. The number of amides is 1. The Labute approximate surface area is 122 Å². The Morgan fingerprint density at radius 2 is 2.00 bits per heavy atom. The molecule has 21 heavy (non-hydrogen) atoms. The van der Waals surface area contributed by atoms with Gasteiger partial charge in [0.15, 0.2) is 0 Å². The summed E-state index contributed by atoms with van der Waals surface area (Å²) in [5.74, 6) is -0.198. The van der Waals surface area contributed by atoms with E-state index in [1.807, 2.05) is 30.3 Å². The molecule has 0 radical (unpaired) electrons. The van der Waals surface area contributed by atoms with E-state index in [2.05, 4.69) is 0 Å². The normalized spacial score (nSPS) is 10.7. The van der Waals surface area contributed by atoms with Crippen LogP contribution in [0.3, 0.4) is 0 Å². The predicted octanol–water partition coefficient (Wildman–Crippen LogP) is 3.41. The van der Waals surface area contributed by atoms with Crippen LogP contribution < -0.4 is 0 Å². The lowest BCUT2D eigenvalue weighted by Gasteiger charge is -2.17. The zero-order valence-electron chi connectivity index (χ0n) is 11.6. The molecular formula is C17H15NO3. The Morgan fingerprint density at radius 1 is 1.19 bits per heavy atom. The molecule has 0 atom stereocenters. The molecule has 3 rings (SSSR count). The number of phenols is 1. The van der Waals surface area contributed by atoms with Gasteiger partial charge >= 0.3 is 0 Å². The van der Waals surface area contributed by atoms with Crippen molar-refractivity contribution < 1.29 is 14.3 Å². The van der Waals surface area contributed by atoms with Crippen LogP contribution in [0.25, 0.3) is 10.8 Å². The number of hydrogen-bond acceptors (Lipinski definition) is 3. The number of furan rings is 1. The van der Waals surface area contributed by atoms with Gasteiger partial charge in [0, 0.05) is 24.5 Å². The average molecular weight is 281 g/mol. The number of benzene rings is 2. The highest BCUT2D eigenvalue weighted by Gasteiger charge is 2.17. The SMILES string of the molecule is CN(Cc1ccoc1)C(=O)c1ccc2ccccc2c1O. The fourth-order valence-corrected chi connectivity index (χ4v) is 2.36. The van der Waals surface area contributed by atoms with E-state index in [1.54, 1.807) is 36.6 Å². The zero-order chi connectivity index (χ0) is 14.8. The Morgan fingerprint density at radius 3 is 2.76 bits per heavy atom. The fraction of sp³-hybridized carbons (Fsp3) is 0.118. The standard InChI is InChI=1S/C17H15NO3/c1-18(10-12-8-9-21-11-12)17(20)15-7-6-13-4-2-3-5-14(13)16(15)19/h2-9,11,19H,10H2,1H3. The number of nitrogens with zero attached hydrogens (tertiary/aromatic N) is 1. The first kappa shape index (κ1) is 13.2. The van der Waals surface area contributed by atoms with Gasteiger partial charge in [0.25, 0.3) is 5.91 Å². The van der Waals surface area contributed by atoms with E-state index in [0.29, 0.717) is 17.5 Å².